The minimum absolute atomic E-state index is 0.191. The predicted octanol–water partition coefficient (Wildman–Crippen LogP) is 4.26. The van der Waals surface area contributed by atoms with Crippen molar-refractivity contribution >= 4 is 50.2 Å². The summed E-state index contributed by atoms with van der Waals surface area (Å²) in [5.74, 6) is -0.833. The normalized spacial score (nSPS) is 17.1. The first-order valence-electron chi connectivity index (χ1n) is 12.6. The molecule has 0 N–H and O–H groups in total. The molecule has 204 valence electrons. The summed E-state index contributed by atoms with van der Waals surface area (Å²) in [5, 5.41) is 8.74. The lowest BCUT2D eigenvalue weighted by Gasteiger charge is -2.23. The number of amides is 1. The van der Waals surface area contributed by atoms with Crippen LogP contribution in [0.5, 0.6) is 0 Å². The van der Waals surface area contributed by atoms with Gasteiger partial charge in [-0.25, -0.2) is 14.3 Å². The molecular formula is C28H25BrN6O4S. The van der Waals surface area contributed by atoms with Gasteiger partial charge in [-0.15, -0.1) is 16.4 Å². The Morgan fingerprint density at radius 2 is 1.73 bits per heavy atom. The van der Waals surface area contributed by atoms with Crippen LogP contribution in [-0.2, 0) is 23.6 Å². The van der Waals surface area contributed by atoms with Gasteiger partial charge in [0.15, 0.2) is 0 Å². The number of rotatable bonds is 5. The van der Waals surface area contributed by atoms with E-state index >= 15 is 0 Å². The molecule has 12 heteroatoms. The summed E-state index contributed by atoms with van der Waals surface area (Å²) in [7, 11) is 4.66. The molecule has 10 nitrogen and oxygen atoms in total. The van der Waals surface area contributed by atoms with Gasteiger partial charge in [-0.2, -0.15) is 0 Å². The van der Waals surface area contributed by atoms with Gasteiger partial charge in [0.25, 0.3) is 5.91 Å². The van der Waals surface area contributed by atoms with Gasteiger partial charge in [-0.3, -0.25) is 13.9 Å². The second-order valence-electron chi connectivity index (χ2n) is 9.72. The molecule has 40 heavy (non-hydrogen) atoms. The number of imidazole rings is 1. The Balaban J connectivity index is 1.29. The van der Waals surface area contributed by atoms with Gasteiger partial charge in [0, 0.05) is 36.4 Å². The summed E-state index contributed by atoms with van der Waals surface area (Å²) in [6.07, 6.45) is 2.19. The van der Waals surface area contributed by atoms with Crippen molar-refractivity contribution in [2.45, 2.75) is 18.5 Å². The third-order valence-electron chi connectivity index (χ3n) is 7.41. The van der Waals surface area contributed by atoms with Crippen LogP contribution in [0.4, 0.5) is 0 Å². The number of carbonyl (C=O) groups excluding carboxylic acids is 2. The van der Waals surface area contributed by atoms with E-state index in [2.05, 4.69) is 44.4 Å². The lowest BCUT2D eigenvalue weighted by molar-refractivity contribution is -0.145. The standard InChI is InChI=1S/C28H25BrN6O4S/c1-32-21-12-18(19(29)13-22(21)33(2)28(32)38)26(36)34-14-17(11-23(34)27(37)39-3)35-15-20(30-31-35)25-10-9-24(40-25)16-7-5-4-6-8-16/h4-10,12-13,15,17,23H,11,14H2,1-3H3/t17-,23+/m1/s1. The largest absolute Gasteiger partial charge is 0.467 e. The van der Waals surface area contributed by atoms with Crippen LogP contribution < -0.4 is 5.69 Å². The summed E-state index contributed by atoms with van der Waals surface area (Å²) < 4.78 is 10.3. The van der Waals surface area contributed by atoms with Crippen molar-refractivity contribution in [2.75, 3.05) is 13.7 Å². The molecule has 0 saturated carbocycles. The number of aryl methyl sites for hydroxylation is 2. The lowest BCUT2D eigenvalue weighted by atomic mass is 10.1. The van der Waals surface area contributed by atoms with Crippen LogP contribution in [0.1, 0.15) is 22.8 Å². The molecule has 2 aromatic carbocycles. The summed E-state index contributed by atoms with van der Waals surface area (Å²) in [6, 6.07) is 16.6. The first-order valence-corrected chi connectivity index (χ1v) is 14.2. The van der Waals surface area contributed by atoms with Crippen LogP contribution in [0.15, 0.2) is 70.1 Å². The molecular weight excluding hydrogens is 596 g/mol. The first kappa shape index (κ1) is 26.2. The molecule has 0 unspecified atom stereocenters. The van der Waals surface area contributed by atoms with E-state index in [4.69, 9.17) is 4.74 Å². The molecule has 6 rings (SSSR count). The van der Waals surface area contributed by atoms with E-state index in [1.807, 2.05) is 30.5 Å². The average Bonchev–Trinajstić information content (AvgIpc) is 3.77. The van der Waals surface area contributed by atoms with Gasteiger partial charge in [0.05, 0.1) is 40.8 Å². The molecule has 1 aliphatic heterocycles. The quantitative estimate of drug-likeness (QED) is 0.272. The molecule has 0 spiro atoms. The number of ether oxygens (including phenoxy) is 1. The average molecular weight is 622 g/mol. The van der Waals surface area contributed by atoms with Crippen molar-refractivity contribution < 1.29 is 14.3 Å². The number of benzene rings is 2. The SMILES string of the molecule is COC(=O)[C@@H]1C[C@@H](n2cc(-c3ccc(-c4ccccc4)s3)nn2)CN1C(=O)c1cc2c(cc1Br)n(C)c(=O)n2C. The van der Waals surface area contributed by atoms with Crippen molar-refractivity contribution in [1.82, 2.24) is 29.0 Å². The van der Waals surface area contributed by atoms with Crippen molar-refractivity contribution in [3.05, 3.63) is 81.3 Å². The fourth-order valence-electron chi connectivity index (χ4n) is 5.23. The number of thiophene rings is 1. The Morgan fingerprint density at radius 3 is 2.45 bits per heavy atom. The zero-order valence-electron chi connectivity index (χ0n) is 21.9. The second kappa shape index (κ2) is 10.2. The fourth-order valence-corrected chi connectivity index (χ4v) is 6.69. The zero-order valence-corrected chi connectivity index (χ0v) is 24.3. The van der Waals surface area contributed by atoms with Crippen molar-refractivity contribution in [2.24, 2.45) is 14.1 Å². The number of carbonyl (C=O) groups is 2. The number of fused-ring (bicyclic) bond motifs is 1. The van der Waals surface area contributed by atoms with Crippen LogP contribution in [0.3, 0.4) is 0 Å². The number of halogens is 1. The topological polar surface area (TPSA) is 104 Å². The Bertz CT molecular complexity index is 1820. The number of esters is 1. The summed E-state index contributed by atoms with van der Waals surface area (Å²) in [4.78, 5) is 42.7. The molecule has 1 aliphatic rings. The number of aromatic nitrogens is 5. The van der Waals surface area contributed by atoms with E-state index in [0.29, 0.717) is 27.5 Å². The Morgan fingerprint density at radius 1 is 1.02 bits per heavy atom. The molecule has 5 aromatic rings. The predicted molar refractivity (Wildman–Crippen MR) is 155 cm³/mol. The first-order chi connectivity index (χ1) is 19.3. The van der Waals surface area contributed by atoms with Crippen molar-refractivity contribution in [3.8, 4) is 21.0 Å². The maximum absolute atomic E-state index is 13.8. The molecule has 0 aliphatic carbocycles. The number of likely N-dealkylation sites (tertiary alicyclic amines) is 1. The zero-order chi connectivity index (χ0) is 28.1. The smallest absolute Gasteiger partial charge is 0.328 e. The van der Waals surface area contributed by atoms with Crippen molar-refractivity contribution in [1.29, 1.82) is 0 Å². The van der Waals surface area contributed by atoms with Gasteiger partial charge in [0.2, 0.25) is 0 Å². The third kappa shape index (κ3) is 4.37. The minimum Gasteiger partial charge on any atom is -0.467 e. The Hall–Kier alpha value is -4.03. The number of hydrogen-bond donors (Lipinski definition) is 0. The summed E-state index contributed by atoms with van der Waals surface area (Å²) >= 11 is 5.13. The number of nitrogens with zero attached hydrogens (tertiary/aromatic N) is 6. The molecule has 4 heterocycles. The van der Waals surface area contributed by atoms with Crippen molar-refractivity contribution in [3.63, 3.8) is 0 Å². The number of methoxy groups -OCH3 is 1. The van der Waals surface area contributed by atoms with Crippen LogP contribution in [0.2, 0.25) is 0 Å². The highest BCUT2D eigenvalue weighted by Crippen LogP contribution is 2.36. The van der Waals surface area contributed by atoms with Gasteiger partial charge in [0.1, 0.15) is 11.7 Å². The molecule has 1 saturated heterocycles. The highest BCUT2D eigenvalue weighted by Gasteiger charge is 2.42. The van der Waals surface area contributed by atoms with E-state index in [9.17, 15) is 14.4 Å². The van der Waals surface area contributed by atoms with Crippen LogP contribution in [-0.4, -0.2) is 60.6 Å². The monoisotopic (exact) mass is 620 g/mol. The van der Waals surface area contributed by atoms with Gasteiger partial charge >= 0.3 is 11.7 Å². The molecule has 0 radical (unpaired) electrons. The maximum atomic E-state index is 13.8. The van der Waals surface area contributed by atoms with Gasteiger partial charge in [-0.05, 0) is 45.8 Å². The highest BCUT2D eigenvalue weighted by atomic mass is 79.9. The maximum Gasteiger partial charge on any atom is 0.328 e. The molecule has 2 atom stereocenters. The fraction of sp³-hybridized carbons (Fsp3) is 0.250. The molecule has 3 aromatic heterocycles. The van der Waals surface area contributed by atoms with E-state index in [1.165, 1.54) is 21.1 Å². The Labute approximate surface area is 241 Å². The summed E-state index contributed by atoms with van der Waals surface area (Å²) in [5.41, 5.74) is 3.34. The Kier molecular flexibility index (Phi) is 6.67. The third-order valence-corrected chi connectivity index (χ3v) is 9.22. The van der Waals surface area contributed by atoms with Crippen LogP contribution in [0, 0.1) is 0 Å². The van der Waals surface area contributed by atoms with E-state index in [1.54, 1.807) is 42.2 Å². The summed E-state index contributed by atoms with van der Waals surface area (Å²) in [6.45, 7) is 0.249. The van der Waals surface area contributed by atoms with Crippen LogP contribution >= 0.6 is 27.3 Å². The van der Waals surface area contributed by atoms with E-state index < -0.39 is 12.0 Å². The van der Waals surface area contributed by atoms with Crippen LogP contribution in [0.25, 0.3) is 32.0 Å². The minimum atomic E-state index is -0.788. The van der Waals surface area contributed by atoms with Gasteiger partial charge < -0.3 is 9.64 Å². The second-order valence-corrected chi connectivity index (χ2v) is 11.7. The highest BCUT2D eigenvalue weighted by molar-refractivity contribution is 9.10. The van der Waals surface area contributed by atoms with Gasteiger partial charge in [-0.1, -0.05) is 35.5 Å². The number of hydrogen-bond acceptors (Lipinski definition) is 7. The van der Waals surface area contributed by atoms with E-state index in [-0.39, 0.29) is 24.2 Å². The molecule has 1 fully saturated rings. The van der Waals surface area contributed by atoms with E-state index in [0.717, 1.165) is 21.0 Å². The molecule has 1 amide bonds. The molecule has 0 bridgehead atoms. The lowest BCUT2D eigenvalue weighted by Crippen LogP contribution is -2.41.